The first-order valence-electron chi connectivity index (χ1n) is 7.63. The first-order chi connectivity index (χ1) is 12.8. The molecule has 27 heavy (non-hydrogen) atoms. The van der Waals surface area contributed by atoms with Crippen LogP contribution in [0.5, 0.6) is 0 Å². The predicted molar refractivity (Wildman–Crippen MR) is 92.5 cm³/mol. The molecule has 2 heterocycles. The molecule has 0 saturated carbocycles. The summed E-state index contributed by atoms with van der Waals surface area (Å²) in [4.78, 5) is 15.8. The maximum absolute atomic E-state index is 12.5. The average Bonchev–Trinajstić information content (AvgIpc) is 3.14. The van der Waals surface area contributed by atoms with Gasteiger partial charge >= 0.3 is 6.18 Å². The Morgan fingerprint density at radius 2 is 2.07 bits per heavy atom. The lowest BCUT2D eigenvalue weighted by Gasteiger charge is -2.09. The maximum atomic E-state index is 12.5. The Balaban J connectivity index is 1.57. The number of anilines is 1. The van der Waals surface area contributed by atoms with Crippen molar-refractivity contribution in [3.8, 4) is 5.69 Å². The largest absolute Gasteiger partial charge is 0.417 e. The standard InChI is InChI=1S/C16H13F3N6OS/c1-10-6-12(3-4-13(10)25-9-21-23-24-25)22-14(26)8-27-15-5-2-11(7-20-15)16(17,18)19/h2-7,9H,8H2,1H3,(H,22,26). The van der Waals surface area contributed by atoms with Crippen LogP contribution in [0.3, 0.4) is 0 Å². The first-order valence-corrected chi connectivity index (χ1v) is 8.61. The fraction of sp³-hybridized carbons (Fsp3) is 0.188. The van der Waals surface area contributed by atoms with Crippen LogP contribution in [0.2, 0.25) is 0 Å². The van der Waals surface area contributed by atoms with E-state index in [0.29, 0.717) is 10.7 Å². The molecule has 0 unspecified atom stereocenters. The van der Waals surface area contributed by atoms with Crippen molar-refractivity contribution >= 4 is 23.4 Å². The normalized spacial score (nSPS) is 11.4. The van der Waals surface area contributed by atoms with Crippen molar-refractivity contribution in [1.82, 2.24) is 25.2 Å². The fourth-order valence-electron chi connectivity index (χ4n) is 2.23. The number of aromatic nitrogens is 5. The predicted octanol–water partition coefficient (Wildman–Crippen LogP) is 3.12. The molecule has 0 spiro atoms. The van der Waals surface area contributed by atoms with E-state index in [1.165, 1.54) is 17.1 Å². The van der Waals surface area contributed by atoms with E-state index in [1.807, 2.05) is 6.92 Å². The van der Waals surface area contributed by atoms with Crippen LogP contribution >= 0.6 is 11.8 Å². The number of nitrogens with zero attached hydrogens (tertiary/aromatic N) is 5. The Kier molecular flexibility index (Phi) is 5.40. The third-order valence-corrected chi connectivity index (χ3v) is 4.43. The number of benzene rings is 1. The Labute approximate surface area is 156 Å². The number of nitrogens with one attached hydrogen (secondary N) is 1. The van der Waals surface area contributed by atoms with Gasteiger partial charge in [0, 0.05) is 11.9 Å². The number of thioether (sulfide) groups is 1. The molecule has 140 valence electrons. The number of rotatable bonds is 5. The van der Waals surface area contributed by atoms with Gasteiger partial charge in [0.05, 0.1) is 22.0 Å². The molecule has 1 N–H and O–H groups in total. The quantitative estimate of drug-likeness (QED) is 0.670. The second-order valence-corrected chi connectivity index (χ2v) is 6.47. The molecule has 0 aliphatic carbocycles. The monoisotopic (exact) mass is 394 g/mol. The molecule has 7 nitrogen and oxygen atoms in total. The van der Waals surface area contributed by atoms with Crippen molar-refractivity contribution in [2.45, 2.75) is 18.1 Å². The highest BCUT2D eigenvalue weighted by Crippen LogP contribution is 2.29. The van der Waals surface area contributed by atoms with Gasteiger partial charge in [-0.1, -0.05) is 11.8 Å². The Morgan fingerprint density at radius 1 is 1.26 bits per heavy atom. The lowest BCUT2D eigenvalue weighted by atomic mass is 10.2. The summed E-state index contributed by atoms with van der Waals surface area (Å²) in [6, 6.07) is 7.44. The van der Waals surface area contributed by atoms with Gasteiger partial charge in [0.25, 0.3) is 0 Å². The van der Waals surface area contributed by atoms with Gasteiger partial charge in [-0.3, -0.25) is 4.79 Å². The molecule has 1 aromatic carbocycles. The number of hydrogen-bond donors (Lipinski definition) is 1. The highest BCUT2D eigenvalue weighted by molar-refractivity contribution is 7.99. The van der Waals surface area contributed by atoms with Gasteiger partial charge in [0.1, 0.15) is 6.33 Å². The summed E-state index contributed by atoms with van der Waals surface area (Å²) < 4.78 is 39.0. The minimum Gasteiger partial charge on any atom is -0.325 e. The van der Waals surface area contributed by atoms with E-state index in [9.17, 15) is 18.0 Å². The van der Waals surface area contributed by atoms with E-state index in [-0.39, 0.29) is 11.7 Å². The average molecular weight is 394 g/mol. The van der Waals surface area contributed by atoms with Crippen molar-refractivity contribution in [3.63, 3.8) is 0 Å². The topological polar surface area (TPSA) is 85.6 Å². The highest BCUT2D eigenvalue weighted by Gasteiger charge is 2.30. The van der Waals surface area contributed by atoms with E-state index in [4.69, 9.17) is 0 Å². The lowest BCUT2D eigenvalue weighted by molar-refractivity contribution is -0.137. The first kappa shape index (κ1) is 18.8. The van der Waals surface area contributed by atoms with Crippen LogP contribution in [0.4, 0.5) is 18.9 Å². The zero-order valence-electron chi connectivity index (χ0n) is 13.9. The number of tetrazole rings is 1. The van der Waals surface area contributed by atoms with E-state index < -0.39 is 11.7 Å². The van der Waals surface area contributed by atoms with Crippen LogP contribution in [0, 0.1) is 6.92 Å². The molecule has 0 aliphatic heterocycles. The highest BCUT2D eigenvalue weighted by atomic mass is 32.2. The van der Waals surface area contributed by atoms with Crippen LogP contribution in [0.15, 0.2) is 47.9 Å². The van der Waals surface area contributed by atoms with Crippen molar-refractivity contribution in [2.24, 2.45) is 0 Å². The molecule has 11 heteroatoms. The second kappa shape index (κ2) is 7.74. The molecule has 3 aromatic rings. The molecule has 0 radical (unpaired) electrons. The van der Waals surface area contributed by atoms with Crippen LogP contribution in [0.1, 0.15) is 11.1 Å². The number of carbonyl (C=O) groups is 1. The SMILES string of the molecule is Cc1cc(NC(=O)CSc2ccc(C(F)(F)F)cn2)ccc1-n1cnnn1. The van der Waals surface area contributed by atoms with Gasteiger partial charge in [0.2, 0.25) is 5.91 Å². The van der Waals surface area contributed by atoms with Gasteiger partial charge in [-0.2, -0.15) is 13.2 Å². The van der Waals surface area contributed by atoms with Gasteiger partial charge < -0.3 is 5.32 Å². The van der Waals surface area contributed by atoms with Gasteiger partial charge in [-0.25, -0.2) is 9.67 Å². The Morgan fingerprint density at radius 3 is 2.67 bits per heavy atom. The van der Waals surface area contributed by atoms with Gasteiger partial charge in [0.15, 0.2) is 0 Å². The zero-order valence-corrected chi connectivity index (χ0v) is 14.8. The number of hydrogen-bond acceptors (Lipinski definition) is 6. The van der Waals surface area contributed by atoms with E-state index in [2.05, 4.69) is 25.8 Å². The zero-order chi connectivity index (χ0) is 19.4. The number of halogens is 3. The molecule has 0 fully saturated rings. The summed E-state index contributed by atoms with van der Waals surface area (Å²) in [7, 11) is 0. The summed E-state index contributed by atoms with van der Waals surface area (Å²) in [5.41, 5.74) is 1.41. The summed E-state index contributed by atoms with van der Waals surface area (Å²) in [5, 5.41) is 14.0. The maximum Gasteiger partial charge on any atom is 0.417 e. The van der Waals surface area contributed by atoms with Gasteiger partial charge in [-0.05, 0) is 53.2 Å². The smallest absolute Gasteiger partial charge is 0.325 e. The Bertz CT molecular complexity index is 928. The molecule has 2 aromatic heterocycles. The number of carbonyl (C=O) groups excluding carboxylic acids is 1. The fourth-order valence-corrected chi connectivity index (χ4v) is 2.87. The minimum absolute atomic E-state index is 0.0200. The van der Waals surface area contributed by atoms with Crippen molar-refractivity contribution < 1.29 is 18.0 Å². The molecular formula is C16H13F3N6OS. The van der Waals surface area contributed by atoms with Crippen LogP contribution in [-0.2, 0) is 11.0 Å². The summed E-state index contributed by atoms with van der Waals surface area (Å²) >= 11 is 1.05. The molecule has 0 atom stereocenters. The number of amides is 1. The van der Waals surface area contributed by atoms with Crippen LogP contribution < -0.4 is 5.32 Å². The molecule has 0 aliphatic rings. The third kappa shape index (κ3) is 4.82. The number of pyridine rings is 1. The van der Waals surface area contributed by atoms with Crippen LogP contribution in [-0.4, -0.2) is 36.9 Å². The summed E-state index contributed by atoms with van der Waals surface area (Å²) in [5.74, 6) is -0.275. The number of aryl methyl sites for hydroxylation is 1. The van der Waals surface area contributed by atoms with E-state index in [0.717, 1.165) is 35.3 Å². The van der Waals surface area contributed by atoms with Crippen LogP contribution in [0.25, 0.3) is 5.69 Å². The third-order valence-electron chi connectivity index (χ3n) is 3.49. The molecule has 0 bridgehead atoms. The van der Waals surface area contributed by atoms with Crippen molar-refractivity contribution in [2.75, 3.05) is 11.1 Å². The summed E-state index contributed by atoms with van der Waals surface area (Å²) in [6.07, 6.45) is -2.21. The Hall–Kier alpha value is -2.95. The minimum atomic E-state index is -4.43. The number of alkyl halides is 3. The summed E-state index contributed by atoms with van der Waals surface area (Å²) in [6.45, 7) is 1.85. The lowest BCUT2D eigenvalue weighted by Crippen LogP contribution is -2.14. The molecule has 1 amide bonds. The van der Waals surface area contributed by atoms with Crippen molar-refractivity contribution in [3.05, 3.63) is 54.0 Å². The second-order valence-electron chi connectivity index (χ2n) is 5.48. The molecular weight excluding hydrogens is 381 g/mol. The molecule has 3 rings (SSSR count). The van der Waals surface area contributed by atoms with E-state index in [1.54, 1.807) is 18.2 Å². The van der Waals surface area contributed by atoms with E-state index >= 15 is 0 Å². The van der Waals surface area contributed by atoms with Gasteiger partial charge in [-0.15, -0.1) is 5.10 Å². The molecule has 0 saturated heterocycles. The van der Waals surface area contributed by atoms with Crippen molar-refractivity contribution in [1.29, 1.82) is 0 Å².